The molecule has 0 bridgehead atoms. The normalized spacial score (nSPS) is 10.9. The molecule has 0 aliphatic heterocycles. The Morgan fingerprint density at radius 3 is 2.42 bits per heavy atom. The molecule has 0 atom stereocenters. The van der Waals surface area contributed by atoms with Crippen LogP contribution in [0, 0.1) is 6.92 Å². The van der Waals surface area contributed by atoms with Crippen LogP contribution in [0.4, 0.5) is 0 Å². The molecule has 0 aliphatic rings. The molecule has 5 heteroatoms. The molecular weight excluding hydrogens is 432 g/mol. The van der Waals surface area contributed by atoms with Crippen LogP contribution in [0.2, 0.25) is 0 Å². The minimum Gasteiger partial charge on any atom is -0.494 e. The van der Waals surface area contributed by atoms with Gasteiger partial charge in [-0.25, -0.2) is 4.98 Å². The summed E-state index contributed by atoms with van der Waals surface area (Å²) in [7, 11) is 0. The second-order valence-corrected chi connectivity index (χ2v) is 8.58. The first-order chi connectivity index (χ1) is 15.5. The van der Waals surface area contributed by atoms with Gasteiger partial charge in [0.05, 0.1) is 17.6 Å². The molecule has 0 fully saturated rings. The van der Waals surface area contributed by atoms with Gasteiger partial charge < -0.3 is 14.0 Å². The van der Waals surface area contributed by atoms with Gasteiger partial charge in [-0.15, -0.1) is 12.4 Å². The molecule has 0 spiro atoms. The van der Waals surface area contributed by atoms with E-state index in [1.165, 1.54) is 16.7 Å². The maximum Gasteiger partial charge on any atom is 0.148 e. The quantitative estimate of drug-likeness (QED) is 0.260. The van der Waals surface area contributed by atoms with Crippen molar-refractivity contribution >= 4 is 23.4 Å². The Morgan fingerprint density at radius 2 is 1.70 bits per heavy atom. The fraction of sp³-hybridized carbons (Fsp3) is 0.321. The van der Waals surface area contributed by atoms with E-state index in [4.69, 9.17) is 14.5 Å². The Kier molecular flexibility index (Phi) is 8.40. The van der Waals surface area contributed by atoms with Gasteiger partial charge in [0.25, 0.3) is 0 Å². The van der Waals surface area contributed by atoms with Crippen molar-refractivity contribution in [3.05, 3.63) is 89.2 Å². The number of para-hydroxylation sites is 2. The molecule has 1 heterocycles. The molecule has 4 nitrogen and oxygen atoms in total. The third kappa shape index (κ3) is 5.88. The fourth-order valence-electron chi connectivity index (χ4n) is 3.89. The van der Waals surface area contributed by atoms with Crippen molar-refractivity contribution in [2.75, 3.05) is 6.61 Å². The molecule has 1 aromatic heterocycles. The lowest BCUT2D eigenvalue weighted by atomic mass is 10.0. The van der Waals surface area contributed by atoms with Crippen LogP contribution in [-0.4, -0.2) is 16.2 Å². The Bertz CT molecular complexity index is 1180. The number of hydrogen-bond acceptors (Lipinski definition) is 3. The minimum atomic E-state index is 0. The van der Waals surface area contributed by atoms with E-state index >= 15 is 0 Å². The Hall–Kier alpha value is -2.98. The fourth-order valence-corrected chi connectivity index (χ4v) is 3.89. The van der Waals surface area contributed by atoms with Crippen molar-refractivity contribution in [3.8, 4) is 11.5 Å². The lowest BCUT2D eigenvalue weighted by Crippen LogP contribution is -2.09. The van der Waals surface area contributed by atoms with Crippen molar-refractivity contribution in [2.24, 2.45) is 0 Å². The summed E-state index contributed by atoms with van der Waals surface area (Å²) >= 11 is 0. The number of halogens is 1. The minimum absolute atomic E-state index is 0. The average Bonchev–Trinajstić information content (AvgIpc) is 3.14. The standard InChI is InChI=1S/C28H32N2O2.ClH/c1-5-16-31-23-13-11-22(12-14-23)18-30-26-9-7-6-8-25(26)29-28(30)19-32-27-17-21(4)10-15-24(27)20(2)3;/h6-15,17,20H,5,16,18-19H2,1-4H3;1H. The Morgan fingerprint density at radius 1 is 0.939 bits per heavy atom. The lowest BCUT2D eigenvalue weighted by molar-refractivity contribution is 0.287. The molecule has 3 aromatic carbocycles. The zero-order valence-electron chi connectivity index (χ0n) is 19.9. The summed E-state index contributed by atoms with van der Waals surface area (Å²) in [6.07, 6.45) is 1.01. The highest BCUT2D eigenvalue weighted by Gasteiger charge is 2.14. The highest BCUT2D eigenvalue weighted by molar-refractivity contribution is 5.85. The third-order valence-corrected chi connectivity index (χ3v) is 5.62. The third-order valence-electron chi connectivity index (χ3n) is 5.62. The number of fused-ring (bicyclic) bond motifs is 1. The molecule has 4 rings (SSSR count). The van der Waals surface area contributed by atoms with Gasteiger partial charge in [0.15, 0.2) is 0 Å². The van der Waals surface area contributed by atoms with E-state index in [0.717, 1.165) is 47.9 Å². The maximum absolute atomic E-state index is 6.33. The smallest absolute Gasteiger partial charge is 0.148 e. The molecule has 0 saturated heterocycles. The van der Waals surface area contributed by atoms with Gasteiger partial charge in [-0.2, -0.15) is 0 Å². The number of aromatic nitrogens is 2. The van der Waals surface area contributed by atoms with Crippen LogP contribution in [0.25, 0.3) is 11.0 Å². The average molecular weight is 465 g/mol. The van der Waals surface area contributed by atoms with Crippen LogP contribution in [0.3, 0.4) is 0 Å². The first-order valence-electron chi connectivity index (χ1n) is 11.4. The van der Waals surface area contributed by atoms with E-state index < -0.39 is 0 Å². The van der Waals surface area contributed by atoms with Crippen molar-refractivity contribution in [1.29, 1.82) is 0 Å². The van der Waals surface area contributed by atoms with Crippen LogP contribution in [0.1, 0.15) is 55.6 Å². The van der Waals surface area contributed by atoms with E-state index in [1.54, 1.807) is 0 Å². The number of ether oxygens (including phenoxy) is 2. The zero-order chi connectivity index (χ0) is 22.5. The molecule has 0 amide bonds. The lowest BCUT2D eigenvalue weighted by Gasteiger charge is -2.16. The van der Waals surface area contributed by atoms with Gasteiger partial charge in [0.1, 0.15) is 23.9 Å². The predicted octanol–water partition coefficient (Wildman–Crippen LogP) is 7.31. The predicted molar refractivity (Wildman–Crippen MR) is 138 cm³/mol. The first kappa shape index (κ1) is 24.7. The van der Waals surface area contributed by atoms with Crippen LogP contribution in [0.15, 0.2) is 66.7 Å². The van der Waals surface area contributed by atoms with Gasteiger partial charge in [-0.1, -0.05) is 57.2 Å². The topological polar surface area (TPSA) is 36.3 Å². The van der Waals surface area contributed by atoms with E-state index in [9.17, 15) is 0 Å². The Balaban J connectivity index is 0.00000306. The van der Waals surface area contributed by atoms with Gasteiger partial charge in [-0.05, 0) is 66.3 Å². The maximum atomic E-state index is 6.33. The summed E-state index contributed by atoms with van der Waals surface area (Å²) in [6, 6.07) is 23.0. The van der Waals surface area contributed by atoms with Crippen LogP contribution in [0.5, 0.6) is 11.5 Å². The van der Waals surface area contributed by atoms with Crippen LogP contribution in [-0.2, 0) is 13.2 Å². The van der Waals surface area contributed by atoms with Gasteiger partial charge in [0, 0.05) is 6.54 Å². The van der Waals surface area contributed by atoms with Crippen LogP contribution >= 0.6 is 12.4 Å². The first-order valence-corrected chi connectivity index (χ1v) is 11.4. The number of imidazole rings is 1. The summed E-state index contributed by atoms with van der Waals surface area (Å²) in [5, 5.41) is 0. The molecule has 33 heavy (non-hydrogen) atoms. The Labute approximate surface area is 203 Å². The van der Waals surface area contributed by atoms with Crippen molar-refractivity contribution < 1.29 is 9.47 Å². The summed E-state index contributed by atoms with van der Waals surface area (Å²) in [5.41, 5.74) is 5.73. The molecule has 0 saturated carbocycles. The van der Waals surface area contributed by atoms with Gasteiger partial charge in [-0.3, -0.25) is 0 Å². The van der Waals surface area contributed by atoms with E-state index in [1.807, 2.05) is 18.2 Å². The highest BCUT2D eigenvalue weighted by Crippen LogP contribution is 2.29. The van der Waals surface area contributed by atoms with Crippen molar-refractivity contribution in [1.82, 2.24) is 9.55 Å². The van der Waals surface area contributed by atoms with E-state index in [0.29, 0.717) is 12.5 Å². The number of rotatable bonds is 9. The van der Waals surface area contributed by atoms with E-state index in [2.05, 4.69) is 80.8 Å². The van der Waals surface area contributed by atoms with Crippen LogP contribution < -0.4 is 9.47 Å². The summed E-state index contributed by atoms with van der Waals surface area (Å²) in [5.74, 6) is 3.18. The monoisotopic (exact) mass is 464 g/mol. The van der Waals surface area contributed by atoms with E-state index in [-0.39, 0.29) is 12.4 Å². The molecule has 4 aromatic rings. The molecule has 0 aliphatic carbocycles. The second-order valence-electron chi connectivity index (χ2n) is 8.58. The number of aryl methyl sites for hydroxylation is 1. The number of nitrogens with zero attached hydrogens (tertiary/aromatic N) is 2. The highest BCUT2D eigenvalue weighted by atomic mass is 35.5. The van der Waals surface area contributed by atoms with Gasteiger partial charge in [0.2, 0.25) is 0 Å². The SMILES string of the molecule is CCCOc1ccc(Cn2c(COc3cc(C)ccc3C(C)C)nc3ccccc32)cc1.Cl. The molecule has 0 unspecified atom stereocenters. The summed E-state index contributed by atoms with van der Waals surface area (Å²) in [4.78, 5) is 4.89. The van der Waals surface area contributed by atoms with Gasteiger partial charge >= 0.3 is 0 Å². The molecule has 0 radical (unpaired) electrons. The van der Waals surface area contributed by atoms with Crippen molar-refractivity contribution in [3.63, 3.8) is 0 Å². The second kappa shape index (κ2) is 11.2. The largest absolute Gasteiger partial charge is 0.494 e. The number of hydrogen-bond donors (Lipinski definition) is 0. The molecule has 174 valence electrons. The molecule has 0 N–H and O–H groups in total. The number of benzene rings is 3. The zero-order valence-corrected chi connectivity index (χ0v) is 20.7. The summed E-state index contributed by atoms with van der Waals surface area (Å²) in [6.45, 7) is 10.5. The molecular formula is C28H33ClN2O2. The summed E-state index contributed by atoms with van der Waals surface area (Å²) < 4.78 is 14.3. The van der Waals surface area contributed by atoms with Crippen molar-refractivity contribution in [2.45, 2.75) is 53.2 Å².